The molecule has 5 nitrogen and oxygen atoms in total. The number of fused-ring (bicyclic) bond motifs is 1. The zero-order valence-corrected chi connectivity index (χ0v) is 10.5. The molecule has 2 N–H and O–H groups in total. The number of carbonyl (C=O) groups is 1. The minimum Gasteiger partial charge on any atom is -0.481 e. The van der Waals surface area contributed by atoms with E-state index < -0.39 is 5.97 Å². The molecule has 1 aliphatic rings. The second kappa shape index (κ2) is 4.53. The van der Waals surface area contributed by atoms with E-state index in [0.717, 1.165) is 23.1 Å². The van der Waals surface area contributed by atoms with Gasteiger partial charge < -0.3 is 10.4 Å². The van der Waals surface area contributed by atoms with E-state index in [1.807, 2.05) is 11.4 Å². The standard InChI is InChI=1S/C12H13N3O2S/c16-10(17)5-9(7-1-2-7)14-12-13-6-8-3-4-18-11(8)15-12/h3-4,6-7,9H,1-2,5H2,(H,16,17)(H,13,14,15). The molecule has 0 spiro atoms. The lowest BCUT2D eigenvalue weighted by atomic mass is 10.1. The molecule has 1 aliphatic carbocycles. The first kappa shape index (κ1) is 11.4. The third-order valence-electron chi connectivity index (χ3n) is 3.11. The van der Waals surface area contributed by atoms with Gasteiger partial charge in [0, 0.05) is 17.6 Å². The maximum atomic E-state index is 10.8. The van der Waals surface area contributed by atoms with Gasteiger partial charge in [-0.15, -0.1) is 11.3 Å². The molecule has 94 valence electrons. The van der Waals surface area contributed by atoms with E-state index in [1.165, 1.54) is 0 Å². The highest BCUT2D eigenvalue weighted by Gasteiger charge is 2.33. The van der Waals surface area contributed by atoms with Gasteiger partial charge in [0.25, 0.3) is 0 Å². The van der Waals surface area contributed by atoms with E-state index in [2.05, 4.69) is 15.3 Å². The van der Waals surface area contributed by atoms with Gasteiger partial charge in [0.05, 0.1) is 6.42 Å². The number of hydrogen-bond donors (Lipinski definition) is 2. The molecule has 1 unspecified atom stereocenters. The van der Waals surface area contributed by atoms with Gasteiger partial charge in [-0.05, 0) is 30.2 Å². The average molecular weight is 263 g/mol. The summed E-state index contributed by atoms with van der Waals surface area (Å²) in [5.41, 5.74) is 0. The third-order valence-corrected chi connectivity index (χ3v) is 3.93. The Morgan fingerprint density at radius 2 is 2.44 bits per heavy atom. The molecule has 2 aromatic rings. The van der Waals surface area contributed by atoms with Crippen LogP contribution in [-0.4, -0.2) is 27.1 Å². The topological polar surface area (TPSA) is 75.1 Å². The number of nitrogens with zero attached hydrogens (tertiary/aromatic N) is 2. The van der Waals surface area contributed by atoms with E-state index in [-0.39, 0.29) is 12.5 Å². The van der Waals surface area contributed by atoms with Crippen molar-refractivity contribution in [3.63, 3.8) is 0 Å². The molecule has 18 heavy (non-hydrogen) atoms. The largest absolute Gasteiger partial charge is 0.481 e. The number of rotatable bonds is 5. The number of nitrogens with one attached hydrogen (secondary N) is 1. The quantitative estimate of drug-likeness (QED) is 0.866. The summed E-state index contributed by atoms with van der Waals surface area (Å²) in [6.45, 7) is 0. The predicted molar refractivity (Wildman–Crippen MR) is 69.8 cm³/mol. The Bertz CT molecular complexity index is 579. The van der Waals surface area contributed by atoms with Crippen LogP contribution in [0.5, 0.6) is 0 Å². The Morgan fingerprint density at radius 1 is 1.61 bits per heavy atom. The maximum Gasteiger partial charge on any atom is 0.305 e. The fourth-order valence-electron chi connectivity index (χ4n) is 2.01. The van der Waals surface area contributed by atoms with E-state index in [9.17, 15) is 4.79 Å². The first-order valence-electron chi connectivity index (χ1n) is 5.91. The average Bonchev–Trinajstić information content (AvgIpc) is 3.07. The van der Waals surface area contributed by atoms with Crippen molar-refractivity contribution in [2.75, 3.05) is 5.32 Å². The van der Waals surface area contributed by atoms with E-state index >= 15 is 0 Å². The summed E-state index contributed by atoms with van der Waals surface area (Å²) in [5, 5.41) is 15.0. The second-order valence-corrected chi connectivity index (χ2v) is 5.46. The van der Waals surface area contributed by atoms with Crippen LogP contribution in [0.25, 0.3) is 10.2 Å². The number of carboxylic acids is 1. The Kier molecular flexibility index (Phi) is 2.87. The Hall–Kier alpha value is -1.69. The van der Waals surface area contributed by atoms with Gasteiger partial charge in [-0.25, -0.2) is 9.97 Å². The highest BCUT2D eigenvalue weighted by molar-refractivity contribution is 7.16. The molecule has 2 aromatic heterocycles. The molecule has 0 saturated heterocycles. The van der Waals surface area contributed by atoms with Crippen LogP contribution in [-0.2, 0) is 4.79 Å². The van der Waals surface area contributed by atoms with E-state index in [0.29, 0.717) is 11.9 Å². The van der Waals surface area contributed by atoms with Crippen molar-refractivity contribution >= 4 is 33.5 Å². The van der Waals surface area contributed by atoms with Crippen LogP contribution in [0.15, 0.2) is 17.6 Å². The van der Waals surface area contributed by atoms with Crippen molar-refractivity contribution in [3.8, 4) is 0 Å². The van der Waals surface area contributed by atoms with Crippen LogP contribution in [0.3, 0.4) is 0 Å². The first-order chi connectivity index (χ1) is 8.72. The summed E-state index contributed by atoms with van der Waals surface area (Å²) in [6, 6.07) is 1.92. The monoisotopic (exact) mass is 263 g/mol. The zero-order chi connectivity index (χ0) is 12.5. The van der Waals surface area contributed by atoms with Gasteiger partial charge in [0.1, 0.15) is 4.83 Å². The first-order valence-corrected chi connectivity index (χ1v) is 6.79. The van der Waals surface area contributed by atoms with Crippen LogP contribution < -0.4 is 5.32 Å². The highest BCUT2D eigenvalue weighted by atomic mass is 32.1. The molecular weight excluding hydrogens is 250 g/mol. The smallest absolute Gasteiger partial charge is 0.305 e. The molecule has 0 bridgehead atoms. The number of anilines is 1. The van der Waals surface area contributed by atoms with Crippen molar-refractivity contribution in [2.45, 2.75) is 25.3 Å². The summed E-state index contributed by atoms with van der Waals surface area (Å²) in [4.78, 5) is 20.4. The lowest BCUT2D eigenvalue weighted by Crippen LogP contribution is -2.26. The second-order valence-electron chi connectivity index (χ2n) is 4.56. The van der Waals surface area contributed by atoms with Gasteiger partial charge >= 0.3 is 5.97 Å². The van der Waals surface area contributed by atoms with Crippen LogP contribution in [0, 0.1) is 5.92 Å². The molecule has 6 heteroatoms. The molecule has 0 amide bonds. The van der Waals surface area contributed by atoms with Crippen LogP contribution in [0.2, 0.25) is 0 Å². The van der Waals surface area contributed by atoms with Gasteiger partial charge in [0.15, 0.2) is 0 Å². The number of hydrogen-bond acceptors (Lipinski definition) is 5. The molecule has 0 aliphatic heterocycles. The third kappa shape index (κ3) is 2.43. The number of aromatic nitrogens is 2. The van der Waals surface area contributed by atoms with Crippen molar-refractivity contribution in [3.05, 3.63) is 17.6 Å². The Morgan fingerprint density at radius 3 is 3.17 bits per heavy atom. The van der Waals surface area contributed by atoms with Crippen molar-refractivity contribution in [1.29, 1.82) is 0 Å². The molecule has 0 radical (unpaired) electrons. The summed E-state index contributed by atoms with van der Waals surface area (Å²) in [6.07, 6.45) is 4.07. The highest BCUT2D eigenvalue weighted by Crippen LogP contribution is 2.35. The summed E-state index contributed by atoms with van der Waals surface area (Å²) >= 11 is 1.56. The van der Waals surface area contributed by atoms with Crippen LogP contribution in [0.1, 0.15) is 19.3 Å². The molecule has 1 saturated carbocycles. The molecule has 0 aromatic carbocycles. The number of carboxylic acid groups (broad SMARTS) is 1. The van der Waals surface area contributed by atoms with Gasteiger partial charge in [-0.2, -0.15) is 0 Å². The predicted octanol–water partition coefficient (Wildman–Crippen LogP) is 2.36. The van der Waals surface area contributed by atoms with Crippen molar-refractivity contribution in [2.24, 2.45) is 5.92 Å². The summed E-state index contributed by atoms with van der Waals surface area (Å²) < 4.78 is 0. The zero-order valence-electron chi connectivity index (χ0n) is 9.67. The fourth-order valence-corrected chi connectivity index (χ4v) is 2.75. The van der Waals surface area contributed by atoms with Crippen LogP contribution in [0.4, 0.5) is 5.95 Å². The Balaban J connectivity index is 1.78. The van der Waals surface area contributed by atoms with E-state index in [4.69, 9.17) is 5.11 Å². The van der Waals surface area contributed by atoms with Gasteiger partial charge in [-0.1, -0.05) is 0 Å². The van der Waals surface area contributed by atoms with Gasteiger partial charge in [0.2, 0.25) is 5.95 Å². The molecule has 3 rings (SSSR count). The van der Waals surface area contributed by atoms with Crippen molar-refractivity contribution in [1.82, 2.24) is 9.97 Å². The minimum atomic E-state index is -0.781. The molecular formula is C12H13N3O2S. The van der Waals surface area contributed by atoms with E-state index in [1.54, 1.807) is 17.5 Å². The minimum absolute atomic E-state index is 0.0556. The number of thiophene rings is 1. The molecule has 1 fully saturated rings. The maximum absolute atomic E-state index is 10.8. The summed E-state index contributed by atoms with van der Waals surface area (Å²) in [7, 11) is 0. The molecule has 2 heterocycles. The Labute approximate surface area is 108 Å². The van der Waals surface area contributed by atoms with Gasteiger partial charge in [-0.3, -0.25) is 4.79 Å². The van der Waals surface area contributed by atoms with Crippen molar-refractivity contribution < 1.29 is 9.90 Å². The molecule has 1 atom stereocenters. The SMILES string of the molecule is O=C(O)CC(Nc1ncc2ccsc2n1)C1CC1. The lowest BCUT2D eigenvalue weighted by Gasteiger charge is -2.15. The van der Waals surface area contributed by atoms with Crippen LogP contribution >= 0.6 is 11.3 Å². The lowest BCUT2D eigenvalue weighted by molar-refractivity contribution is -0.137. The summed E-state index contributed by atoms with van der Waals surface area (Å²) in [5.74, 6) is 0.198. The number of aliphatic carboxylic acids is 1. The normalized spacial score (nSPS) is 16.7. The fraction of sp³-hybridized carbons (Fsp3) is 0.417.